The lowest BCUT2D eigenvalue weighted by Gasteiger charge is -2.15. The molecule has 1 aromatic carbocycles. The zero-order valence-corrected chi connectivity index (χ0v) is 16.3. The Morgan fingerprint density at radius 2 is 2.15 bits per heavy atom. The van der Waals surface area contributed by atoms with Crippen molar-refractivity contribution in [3.05, 3.63) is 56.7 Å². The normalized spacial score (nSPS) is 16.0. The minimum Gasteiger partial charge on any atom is -0.486 e. The molecule has 1 amide bonds. The summed E-state index contributed by atoms with van der Waals surface area (Å²) in [4.78, 5) is 22.6. The highest BCUT2D eigenvalue weighted by Crippen LogP contribution is 2.32. The second-order valence-electron chi connectivity index (χ2n) is 6.56. The van der Waals surface area contributed by atoms with Crippen LogP contribution < -0.4 is 10.1 Å². The number of fused-ring (bicyclic) bond motifs is 1. The van der Waals surface area contributed by atoms with E-state index in [-0.39, 0.29) is 18.3 Å². The molecular weight excluding hydrogens is 385 g/mol. The quantitative estimate of drug-likeness (QED) is 0.671. The number of rotatable bonds is 5. The Hall–Kier alpha value is -2.32. The van der Waals surface area contributed by atoms with Gasteiger partial charge in [-0.1, -0.05) is 6.92 Å². The first kappa shape index (κ1) is 18.1. The lowest BCUT2D eigenvalue weighted by Crippen LogP contribution is -2.12. The van der Waals surface area contributed by atoms with Gasteiger partial charge in [0.25, 0.3) is 5.91 Å². The van der Waals surface area contributed by atoms with Gasteiger partial charge in [-0.15, -0.1) is 22.7 Å². The summed E-state index contributed by atoms with van der Waals surface area (Å²) in [5, 5.41) is 5.87. The van der Waals surface area contributed by atoms with Gasteiger partial charge in [-0.25, -0.2) is 14.4 Å². The number of halogens is 1. The van der Waals surface area contributed by atoms with Crippen molar-refractivity contribution in [1.29, 1.82) is 0 Å². The molecule has 3 aromatic rings. The SMILES string of the molecule is CC1CCc2nc(NC(=O)c3csc(COc4ccc(F)cc4)n3)sc2C1. The summed E-state index contributed by atoms with van der Waals surface area (Å²) < 4.78 is 18.5. The summed E-state index contributed by atoms with van der Waals surface area (Å²) in [5.41, 5.74) is 1.46. The number of hydrogen-bond acceptors (Lipinski definition) is 6. The van der Waals surface area contributed by atoms with E-state index in [1.165, 1.54) is 28.3 Å². The fourth-order valence-electron chi connectivity index (χ4n) is 2.91. The van der Waals surface area contributed by atoms with E-state index in [1.54, 1.807) is 28.8 Å². The predicted molar refractivity (Wildman–Crippen MR) is 104 cm³/mol. The van der Waals surface area contributed by atoms with Crippen LogP contribution in [0.4, 0.5) is 9.52 Å². The molecule has 0 saturated heterocycles. The number of ether oxygens (including phenoxy) is 1. The molecule has 0 spiro atoms. The summed E-state index contributed by atoms with van der Waals surface area (Å²) in [6.45, 7) is 2.47. The van der Waals surface area contributed by atoms with Crippen LogP contribution in [0, 0.1) is 11.7 Å². The average molecular weight is 404 g/mol. The monoisotopic (exact) mass is 403 g/mol. The molecule has 0 aliphatic heterocycles. The zero-order valence-electron chi connectivity index (χ0n) is 14.7. The van der Waals surface area contributed by atoms with Crippen LogP contribution in [0.1, 0.15) is 39.4 Å². The standard InChI is InChI=1S/C19H18FN3O2S2/c1-11-2-7-14-16(8-11)27-19(22-14)23-18(24)15-10-26-17(21-15)9-25-13-5-3-12(20)4-6-13/h3-6,10-11H,2,7-9H2,1H3,(H,22,23,24). The van der Waals surface area contributed by atoms with Crippen molar-refractivity contribution in [3.8, 4) is 5.75 Å². The van der Waals surface area contributed by atoms with E-state index in [4.69, 9.17) is 4.74 Å². The minimum absolute atomic E-state index is 0.229. The number of hydrogen-bond donors (Lipinski definition) is 1. The molecule has 8 heteroatoms. The van der Waals surface area contributed by atoms with Crippen LogP contribution >= 0.6 is 22.7 Å². The molecule has 0 fully saturated rings. The number of nitrogens with one attached hydrogen (secondary N) is 1. The molecule has 2 aromatic heterocycles. The van der Waals surface area contributed by atoms with Crippen LogP contribution in [0.15, 0.2) is 29.6 Å². The van der Waals surface area contributed by atoms with E-state index in [1.807, 2.05) is 0 Å². The first-order chi connectivity index (χ1) is 13.1. The molecule has 140 valence electrons. The van der Waals surface area contributed by atoms with Crippen molar-refractivity contribution < 1.29 is 13.9 Å². The van der Waals surface area contributed by atoms with Crippen LogP contribution in [0.25, 0.3) is 0 Å². The van der Waals surface area contributed by atoms with Crippen molar-refractivity contribution in [2.45, 2.75) is 32.8 Å². The summed E-state index contributed by atoms with van der Waals surface area (Å²) in [7, 11) is 0. The molecule has 4 rings (SSSR count). The minimum atomic E-state index is -0.311. The number of carbonyl (C=O) groups is 1. The largest absolute Gasteiger partial charge is 0.486 e. The molecule has 0 saturated carbocycles. The molecule has 2 heterocycles. The Balaban J connectivity index is 1.36. The van der Waals surface area contributed by atoms with Gasteiger partial charge in [0, 0.05) is 10.3 Å². The molecule has 1 N–H and O–H groups in total. The summed E-state index contributed by atoms with van der Waals surface area (Å²) in [5.74, 6) is 0.649. The highest BCUT2D eigenvalue weighted by atomic mass is 32.1. The van der Waals surface area contributed by atoms with E-state index in [0.717, 1.165) is 25.0 Å². The van der Waals surface area contributed by atoms with Gasteiger partial charge in [0.15, 0.2) is 5.13 Å². The van der Waals surface area contributed by atoms with Gasteiger partial charge in [0.2, 0.25) is 0 Å². The Bertz CT molecular complexity index is 952. The number of thiazole rings is 2. The number of aryl methyl sites for hydroxylation is 1. The molecule has 5 nitrogen and oxygen atoms in total. The Kier molecular flexibility index (Phi) is 5.18. The van der Waals surface area contributed by atoms with Crippen LogP contribution in [-0.2, 0) is 19.4 Å². The summed E-state index contributed by atoms with van der Waals surface area (Å²) >= 11 is 2.91. The van der Waals surface area contributed by atoms with Crippen molar-refractivity contribution >= 4 is 33.7 Å². The zero-order chi connectivity index (χ0) is 18.8. The van der Waals surface area contributed by atoms with E-state index in [2.05, 4.69) is 22.2 Å². The van der Waals surface area contributed by atoms with Crippen molar-refractivity contribution in [2.24, 2.45) is 5.92 Å². The fraction of sp³-hybridized carbons (Fsp3) is 0.316. The molecule has 1 unspecified atom stereocenters. The highest BCUT2D eigenvalue weighted by molar-refractivity contribution is 7.16. The topological polar surface area (TPSA) is 64.1 Å². The second kappa shape index (κ2) is 7.74. The first-order valence-corrected chi connectivity index (χ1v) is 10.4. The molecule has 1 aliphatic carbocycles. The lowest BCUT2D eigenvalue weighted by molar-refractivity contribution is 0.102. The van der Waals surface area contributed by atoms with Crippen molar-refractivity contribution in [2.75, 3.05) is 5.32 Å². The maximum atomic E-state index is 12.9. The van der Waals surface area contributed by atoms with Gasteiger partial charge < -0.3 is 4.74 Å². The van der Waals surface area contributed by atoms with Crippen LogP contribution in [-0.4, -0.2) is 15.9 Å². The predicted octanol–water partition coefficient (Wildman–Crippen LogP) is 4.69. The molecule has 1 atom stereocenters. The number of aromatic nitrogens is 2. The summed E-state index contributed by atoms with van der Waals surface area (Å²) in [6.07, 6.45) is 3.16. The smallest absolute Gasteiger partial charge is 0.276 e. The number of carbonyl (C=O) groups excluding carboxylic acids is 1. The third-order valence-electron chi connectivity index (χ3n) is 4.37. The molecule has 27 heavy (non-hydrogen) atoms. The Morgan fingerprint density at radius 1 is 1.33 bits per heavy atom. The average Bonchev–Trinajstić information content (AvgIpc) is 3.27. The van der Waals surface area contributed by atoms with Crippen LogP contribution in [0.5, 0.6) is 5.75 Å². The molecule has 0 radical (unpaired) electrons. The molecular formula is C19H18FN3O2S2. The number of anilines is 1. The van der Waals surface area contributed by atoms with Crippen molar-refractivity contribution in [1.82, 2.24) is 9.97 Å². The van der Waals surface area contributed by atoms with E-state index in [9.17, 15) is 9.18 Å². The van der Waals surface area contributed by atoms with Crippen LogP contribution in [0.3, 0.4) is 0 Å². The summed E-state index contributed by atoms with van der Waals surface area (Å²) in [6, 6.07) is 5.79. The lowest BCUT2D eigenvalue weighted by atomic mass is 9.93. The molecule has 1 aliphatic rings. The first-order valence-electron chi connectivity index (χ1n) is 8.69. The van der Waals surface area contributed by atoms with Gasteiger partial charge in [-0.3, -0.25) is 10.1 Å². The van der Waals surface area contributed by atoms with Gasteiger partial charge in [0.1, 0.15) is 28.9 Å². The number of amides is 1. The Morgan fingerprint density at radius 3 is 2.96 bits per heavy atom. The van der Waals surface area contributed by atoms with Crippen LogP contribution in [0.2, 0.25) is 0 Å². The molecule has 0 bridgehead atoms. The van der Waals surface area contributed by atoms with Crippen molar-refractivity contribution in [3.63, 3.8) is 0 Å². The maximum Gasteiger partial charge on any atom is 0.276 e. The van der Waals surface area contributed by atoms with E-state index >= 15 is 0 Å². The number of nitrogens with zero attached hydrogens (tertiary/aromatic N) is 2. The Labute approximate surface area is 164 Å². The highest BCUT2D eigenvalue weighted by Gasteiger charge is 2.21. The third-order valence-corrected chi connectivity index (χ3v) is 6.22. The third kappa shape index (κ3) is 4.33. The van der Waals surface area contributed by atoms with Gasteiger partial charge in [-0.05, 0) is 49.4 Å². The van der Waals surface area contributed by atoms with Gasteiger partial charge in [-0.2, -0.15) is 0 Å². The van der Waals surface area contributed by atoms with Gasteiger partial charge >= 0.3 is 0 Å². The van der Waals surface area contributed by atoms with Gasteiger partial charge in [0.05, 0.1) is 5.69 Å². The maximum absolute atomic E-state index is 12.9. The van der Waals surface area contributed by atoms with E-state index < -0.39 is 0 Å². The van der Waals surface area contributed by atoms with E-state index in [0.29, 0.717) is 27.5 Å². The fourth-order valence-corrected chi connectivity index (χ4v) is 4.76. The second-order valence-corrected chi connectivity index (χ2v) is 8.59. The number of benzene rings is 1.